The fourth-order valence-electron chi connectivity index (χ4n) is 2.35. The van der Waals surface area contributed by atoms with E-state index in [1.807, 2.05) is 42.6 Å². The minimum atomic E-state index is 0.839. The maximum absolute atomic E-state index is 5.28. The van der Waals surface area contributed by atoms with Crippen LogP contribution in [0.4, 0.5) is 5.69 Å². The van der Waals surface area contributed by atoms with Crippen molar-refractivity contribution in [3.63, 3.8) is 0 Å². The number of hydrogen-bond donors (Lipinski definition) is 0. The molecule has 2 heterocycles. The molecular formula is C17H12N2OS. The first-order valence-electron chi connectivity index (χ1n) is 6.63. The lowest BCUT2D eigenvalue weighted by atomic mass is 10.1. The summed E-state index contributed by atoms with van der Waals surface area (Å²) < 4.78 is 5.28. The lowest BCUT2D eigenvalue weighted by Crippen LogP contribution is -1.91. The molecule has 0 saturated carbocycles. The summed E-state index contributed by atoms with van der Waals surface area (Å²) in [6, 6.07) is 16.2. The van der Waals surface area contributed by atoms with Gasteiger partial charge in [0.2, 0.25) is 0 Å². The number of pyridine rings is 1. The first kappa shape index (κ1) is 12.4. The standard InChI is InChI=1S/C17H12N2OS/c1-20-13-6-7-14-11(9-13)8-12-10-18-15-4-2-3-5-16(15)21-17(12)19-14/h2-10H,1H3. The molecule has 0 fully saturated rings. The summed E-state index contributed by atoms with van der Waals surface area (Å²) >= 11 is 1.66. The van der Waals surface area contributed by atoms with Crippen molar-refractivity contribution < 1.29 is 4.74 Å². The van der Waals surface area contributed by atoms with Crippen LogP contribution in [0.15, 0.2) is 63.4 Å². The quantitative estimate of drug-likeness (QED) is 0.519. The Bertz CT molecular complexity index is 874. The smallest absolute Gasteiger partial charge is 0.119 e. The Labute approximate surface area is 126 Å². The zero-order chi connectivity index (χ0) is 14.2. The minimum Gasteiger partial charge on any atom is -0.497 e. The number of rotatable bonds is 1. The summed E-state index contributed by atoms with van der Waals surface area (Å²) in [7, 11) is 1.67. The molecular weight excluding hydrogens is 280 g/mol. The molecule has 1 aliphatic heterocycles. The van der Waals surface area contributed by atoms with Gasteiger partial charge in [-0.15, -0.1) is 0 Å². The van der Waals surface area contributed by atoms with E-state index in [1.165, 1.54) is 0 Å². The first-order valence-corrected chi connectivity index (χ1v) is 7.45. The van der Waals surface area contributed by atoms with E-state index in [2.05, 4.69) is 17.1 Å². The van der Waals surface area contributed by atoms with Crippen LogP contribution in [0.5, 0.6) is 5.75 Å². The Hall–Kier alpha value is -2.33. The van der Waals surface area contributed by atoms with Crippen LogP contribution in [0.1, 0.15) is 5.56 Å². The number of aliphatic imine (C=N–C) groups is 1. The highest BCUT2D eigenvalue weighted by Gasteiger charge is 2.13. The molecule has 4 heteroatoms. The van der Waals surface area contributed by atoms with Gasteiger partial charge < -0.3 is 4.74 Å². The van der Waals surface area contributed by atoms with Gasteiger partial charge in [-0.2, -0.15) is 0 Å². The molecule has 3 nitrogen and oxygen atoms in total. The highest BCUT2D eigenvalue weighted by Crippen LogP contribution is 2.38. The van der Waals surface area contributed by atoms with Crippen molar-refractivity contribution in [3.8, 4) is 5.75 Å². The normalized spacial score (nSPS) is 12.6. The maximum atomic E-state index is 5.28. The van der Waals surface area contributed by atoms with Crippen molar-refractivity contribution in [2.45, 2.75) is 9.92 Å². The van der Waals surface area contributed by atoms with E-state index in [4.69, 9.17) is 9.72 Å². The second kappa shape index (κ2) is 4.90. The molecule has 2 aromatic carbocycles. The van der Waals surface area contributed by atoms with Gasteiger partial charge in [-0.25, -0.2) is 4.98 Å². The molecule has 1 aromatic heterocycles. The summed E-state index contributed by atoms with van der Waals surface area (Å²) in [6.07, 6.45) is 1.89. The summed E-state index contributed by atoms with van der Waals surface area (Å²) in [5, 5.41) is 2.05. The van der Waals surface area contributed by atoms with E-state index in [9.17, 15) is 0 Å². The molecule has 102 valence electrons. The zero-order valence-electron chi connectivity index (χ0n) is 11.4. The number of fused-ring (bicyclic) bond motifs is 3. The molecule has 3 aromatic rings. The van der Waals surface area contributed by atoms with Gasteiger partial charge in [0.05, 0.1) is 18.3 Å². The fraction of sp³-hybridized carbons (Fsp3) is 0.0588. The second-order valence-electron chi connectivity index (χ2n) is 4.77. The number of hydrogen-bond acceptors (Lipinski definition) is 4. The number of para-hydroxylation sites is 1. The van der Waals surface area contributed by atoms with Crippen LogP contribution < -0.4 is 4.74 Å². The third-order valence-electron chi connectivity index (χ3n) is 3.43. The average molecular weight is 292 g/mol. The molecule has 0 N–H and O–H groups in total. The van der Waals surface area contributed by atoms with Crippen LogP contribution in [-0.2, 0) is 0 Å². The summed E-state index contributed by atoms with van der Waals surface area (Å²) in [5.41, 5.74) is 2.99. The lowest BCUT2D eigenvalue weighted by molar-refractivity contribution is 0.415. The van der Waals surface area contributed by atoms with Crippen molar-refractivity contribution in [2.75, 3.05) is 7.11 Å². The average Bonchev–Trinajstić information content (AvgIpc) is 2.71. The van der Waals surface area contributed by atoms with Crippen LogP contribution in [0.3, 0.4) is 0 Å². The summed E-state index contributed by atoms with van der Waals surface area (Å²) in [6.45, 7) is 0. The van der Waals surface area contributed by atoms with Crippen LogP contribution >= 0.6 is 11.8 Å². The number of aromatic nitrogens is 1. The minimum absolute atomic E-state index is 0.839. The van der Waals surface area contributed by atoms with E-state index in [0.717, 1.165) is 37.8 Å². The van der Waals surface area contributed by atoms with Gasteiger partial charge in [-0.1, -0.05) is 23.9 Å². The third-order valence-corrected chi connectivity index (χ3v) is 4.51. The number of methoxy groups -OCH3 is 1. The van der Waals surface area contributed by atoms with Gasteiger partial charge in [0.1, 0.15) is 10.8 Å². The van der Waals surface area contributed by atoms with Gasteiger partial charge >= 0.3 is 0 Å². The van der Waals surface area contributed by atoms with E-state index in [1.54, 1.807) is 18.9 Å². The molecule has 0 saturated heterocycles. The topological polar surface area (TPSA) is 34.5 Å². The predicted octanol–water partition coefficient (Wildman–Crippen LogP) is 4.46. The third kappa shape index (κ3) is 2.17. The second-order valence-corrected chi connectivity index (χ2v) is 5.80. The summed E-state index contributed by atoms with van der Waals surface area (Å²) in [5.74, 6) is 0.839. The molecule has 0 spiro atoms. The van der Waals surface area contributed by atoms with Gasteiger partial charge in [0.25, 0.3) is 0 Å². The monoisotopic (exact) mass is 292 g/mol. The van der Waals surface area contributed by atoms with Gasteiger partial charge in [0.15, 0.2) is 0 Å². The van der Waals surface area contributed by atoms with E-state index in [-0.39, 0.29) is 0 Å². The SMILES string of the molecule is COc1ccc2nc3c(cc2c1)C=Nc1ccccc1S3. The maximum Gasteiger partial charge on any atom is 0.119 e. The number of ether oxygens (including phenoxy) is 1. The number of nitrogens with zero attached hydrogens (tertiary/aromatic N) is 2. The Morgan fingerprint density at radius 2 is 1.95 bits per heavy atom. The van der Waals surface area contributed by atoms with Crippen molar-refractivity contribution in [3.05, 3.63) is 54.1 Å². The van der Waals surface area contributed by atoms with Crippen LogP contribution in [0.25, 0.3) is 10.9 Å². The van der Waals surface area contributed by atoms with E-state index < -0.39 is 0 Å². The zero-order valence-corrected chi connectivity index (χ0v) is 12.2. The molecule has 0 unspecified atom stereocenters. The first-order chi connectivity index (χ1) is 10.3. The van der Waals surface area contributed by atoms with Crippen LogP contribution in [-0.4, -0.2) is 18.3 Å². The molecule has 21 heavy (non-hydrogen) atoms. The Morgan fingerprint density at radius 3 is 2.86 bits per heavy atom. The van der Waals surface area contributed by atoms with Gasteiger partial charge in [0, 0.05) is 22.1 Å². The Morgan fingerprint density at radius 1 is 1.05 bits per heavy atom. The highest BCUT2D eigenvalue weighted by atomic mass is 32.2. The molecule has 0 amide bonds. The predicted molar refractivity (Wildman–Crippen MR) is 86.1 cm³/mol. The van der Waals surface area contributed by atoms with Crippen molar-refractivity contribution >= 4 is 34.6 Å². The molecule has 0 bridgehead atoms. The Kier molecular flexibility index (Phi) is 2.89. The van der Waals surface area contributed by atoms with Crippen molar-refractivity contribution in [2.24, 2.45) is 4.99 Å². The molecule has 0 radical (unpaired) electrons. The van der Waals surface area contributed by atoms with E-state index in [0.29, 0.717) is 0 Å². The highest BCUT2D eigenvalue weighted by molar-refractivity contribution is 7.99. The molecule has 0 atom stereocenters. The van der Waals surface area contributed by atoms with Crippen LogP contribution in [0.2, 0.25) is 0 Å². The lowest BCUT2D eigenvalue weighted by Gasteiger charge is -2.07. The van der Waals surface area contributed by atoms with Gasteiger partial charge in [-0.05, 0) is 36.4 Å². The van der Waals surface area contributed by atoms with Crippen molar-refractivity contribution in [1.82, 2.24) is 4.98 Å². The molecule has 4 rings (SSSR count). The van der Waals surface area contributed by atoms with Gasteiger partial charge in [-0.3, -0.25) is 4.99 Å². The van der Waals surface area contributed by atoms with E-state index >= 15 is 0 Å². The molecule has 1 aliphatic rings. The van der Waals surface area contributed by atoms with Crippen LogP contribution in [0, 0.1) is 0 Å². The fourth-order valence-corrected chi connectivity index (χ4v) is 3.30. The number of benzene rings is 2. The Balaban J connectivity index is 1.91. The largest absolute Gasteiger partial charge is 0.497 e. The van der Waals surface area contributed by atoms with Crippen molar-refractivity contribution in [1.29, 1.82) is 0 Å². The molecule has 0 aliphatic carbocycles. The summed E-state index contributed by atoms with van der Waals surface area (Å²) in [4.78, 5) is 10.5.